The zero-order chi connectivity index (χ0) is 17.5. The first-order valence-corrected chi connectivity index (χ1v) is 6.81. The molecule has 3 aromatic heterocycles. The fourth-order valence-corrected chi connectivity index (χ4v) is 2.05. The van der Waals surface area contributed by atoms with Crippen LogP contribution in [-0.4, -0.2) is 31.5 Å². The molecule has 0 unspecified atom stereocenters. The second-order valence-electron chi connectivity index (χ2n) is 4.72. The number of hydrogen-bond donors (Lipinski definition) is 3. The van der Waals surface area contributed by atoms with Gasteiger partial charge in [-0.2, -0.15) is 5.26 Å². The normalized spacial score (nSPS) is 9.50. The van der Waals surface area contributed by atoms with E-state index < -0.39 is 0 Å². The number of nitrogen functional groups attached to an aromatic ring is 1. The molecule has 0 aliphatic carbocycles. The second kappa shape index (κ2) is 7.51. The minimum Gasteiger partial charge on any atom is -0.483 e. The van der Waals surface area contributed by atoms with Gasteiger partial charge in [0.1, 0.15) is 17.5 Å². The van der Waals surface area contributed by atoms with Crippen LogP contribution in [0, 0.1) is 18.3 Å². The third kappa shape index (κ3) is 3.53. The Balaban J connectivity index is 0.000000647. The number of carboxylic acid groups (broad SMARTS) is 1. The van der Waals surface area contributed by atoms with Gasteiger partial charge in [-0.25, -0.2) is 9.97 Å². The Hall–Kier alpha value is -3.73. The Labute approximate surface area is 137 Å². The molecule has 0 fully saturated rings. The van der Waals surface area contributed by atoms with E-state index in [1.807, 2.05) is 19.1 Å². The van der Waals surface area contributed by atoms with Gasteiger partial charge in [0.05, 0.1) is 29.6 Å². The van der Waals surface area contributed by atoms with Gasteiger partial charge >= 0.3 is 0 Å². The number of nitrogens with zero attached hydrogens (tertiary/aromatic N) is 4. The number of nitrogens with one attached hydrogen (secondary N) is 1. The topological polar surface area (TPSA) is 142 Å². The van der Waals surface area contributed by atoms with Gasteiger partial charge in [0, 0.05) is 11.8 Å². The van der Waals surface area contributed by atoms with Crippen LogP contribution in [0.25, 0.3) is 22.6 Å². The van der Waals surface area contributed by atoms with E-state index in [1.165, 1.54) is 0 Å². The SMILES string of the molecule is Cc1ccc(-c2cc(-c3cnc[nH]3)c(C#N)c(N)n2)nc1.O=CO. The Morgan fingerprint density at radius 3 is 2.62 bits per heavy atom. The van der Waals surface area contributed by atoms with Gasteiger partial charge in [0.2, 0.25) is 0 Å². The molecule has 0 radical (unpaired) electrons. The summed E-state index contributed by atoms with van der Waals surface area (Å²) >= 11 is 0. The highest BCUT2D eigenvalue weighted by Crippen LogP contribution is 2.29. The van der Waals surface area contributed by atoms with Gasteiger partial charge in [0.25, 0.3) is 6.47 Å². The quantitative estimate of drug-likeness (QED) is 0.612. The molecule has 3 aromatic rings. The number of carbonyl (C=O) groups is 1. The van der Waals surface area contributed by atoms with Gasteiger partial charge < -0.3 is 15.8 Å². The molecule has 8 nitrogen and oxygen atoms in total. The highest BCUT2D eigenvalue weighted by atomic mass is 16.3. The molecular formula is C16H14N6O2. The molecular weight excluding hydrogens is 308 g/mol. The summed E-state index contributed by atoms with van der Waals surface area (Å²) < 4.78 is 0. The van der Waals surface area contributed by atoms with E-state index in [0.717, 1.165) is 5.56 Å². The third-order valence-electron chi connectivity index (χ3n) is 3.12. The molecule has 0 amide bonds. The maximum atomic E-state index is 9.28. The molecule has 0 atom stereocenters. The van der Waals surface area contributed by atoms with E-state index in [2.05, 4.69) is 26.0 Å². The lowest BCUT2D eigenvalue weighted by Gasteiger charge is -2.08. The van der Waals surface area contributed by atoms with Crippen molar-refractivity contribution in [3.05, 3.63) is 48.0 Å². The monoisotopic (exact) mass is 322 g/mol. The summed E-state index contributed by atoms with van der Waals surface area (Å²) in [5.74, 6) is 0.182. The molecule has 3 rings (SSSR count). The average molecular weight is 322 g/mol. The van der Waals surface area contributed by atoms with Gasteiger partial charge in [-0.1, -0.05) is 6.07 Å². The fourth-order valence-electron chi connectivity index (χ4n) is 2.05. The number of nitriles is 1. The van der Waals surface area contributed by atoms with Crippen molar-refractivity contribution < 1.29 is 9.90 Å². The minimum absolute atomic E-state index is 0.182. The van der Waals surface area contributed by atoms with Crippen molar-refractivity contribution in [2.75, 3.05) is 5.73 Å². The number of H-pyrrole nitrogens is 1. The molecule has 4 N–H and O–H groups in total. The van der Waals surface area contributed by atoms with Crippen LogP contribution in [0.5, 0.6) is 0 Å². The van der Waals surface area contributed by atoms with Crippen LogP contribution in [0.1, 0.15) is 11.1 Å². The van der Waals surface area contributed by atoms with E-state index in [4.69, 9.17) is 15.6 Å². The van der Waals surface area contributed by atoms with Crippen LogP contribution in [0.15, 0.2) is 36.9 Å². The van der Waals surface area contributed by atoms with Crippen molar-refractivity contribution in [3.63, 3.8) is 0 Å². The summed E-state index contributed by atoms with van der Waals surface area (Å²) in [5, 5.41) is 16.2. The highest BCUT2D eigenvalue weighted by molar-refractivity contribution is 5.77. The fraction of sp³-hybridized carbons (Fsp3) is 0.0625. The van der Waals surface area contributed by atoms with E-state index in [1.54, 1.807) is 24.8 Å². The van der Waals surface area contributed by atoms with Crippen molar-refractivity contribution in [2.24, 2.45) is 0 Å². The molecule has 0 aliphatic rings. The van der Waals surface area contributed by atoms with Crippen LogP contribution in [-0.2, 0) is 4.79 Å². The van der Waals surface area contributed by atoms with Crippen LogP contribution < -0.4 is 5.73 Å². The predicted molar refractivity (Wildman–Crippen MR) is 87.6 cm³/mol. The molecule has 0 saturated carbocycles. The average Bonchev–Trinajstić information content (AvgIpc) is 3.10. The summed E-state index contributed by atoms with van der Waals surface area (Å²) in [6.45, 7) is 1.72. The lowest BCUT2D eigenvalue weighted by molar-refractivity contribution is -0.122. The third-order valence-corrected chi connectivity index (χ3v) is 3.12. The lowest BCUT2D eigenvalue weighted by atomic mass is 10.0. The van der Waals surface area contributed by atoms with Gasteiger partial charge in [-0.05, 0) is 24.6 Å². The van der Waals surface area contributed by atoms with Crippen LogP contribution in [0.3, 0.4) is 0 Å². The Morgan fingerprint density at radius 1 is 1.33 bits per heavy atom. The second-order valence-corrected chi connectivity index (χ2v) is 4.72. The number of hydrogen-bond acceptors (Lipinski definition) is 6. The largest absolute Gasteiger partial charge is 0.483 e. The van der Waals surface area contributed by atoms with Crippen LogP contribution in [0.2, 0.25) is 0 Å². The van der Waals surface area contributed by atoms with E-state index in [-0.39, 0.29) is 12.3 Å². The van der Waals surface area contributed by atoms with Crippen molar-refractivity contribution >= 4 is 12.3 Å². The van der Waals surface area contributed by atoms with Gasteiger partial charge in [-0.15, -0.1) is 0 Å². The minimum atomic E-state index is -0.250. The van der Waals surface area contributed by atoms with Crippen LogP contribution in [0.4, 0.5) is 5.82 Å². The molecule has 0 spiro atoms. The maximum absolute atomic E-state index is 9.28. The standard InChI is InChI=1S/C15H12N6.CH2O2/c1-9-2-3-12(19-6-9)13-4-10(14-7-18-8-20-14)11(5-16)15(17)21-13;2-1-3/h2-4,6-8H,1H3,(H2,17,21)(H,18,20);1H,(H,2,3). The number of aromatic amines is 1. The molecule has 120 valence electrons. The summed E-state index contributed by atoms with van der Waals surface area (Å²) in [7, 11) is 0. The summed E-state index contributed by atoms with van der Waals surface area (Å²) in [6, 6.07) is 7.70. The molecule has 3 heterocycles. The number of pyridine rings is 2. The van der Waals surface area contributed by atoms with Gasteiger partial charge in [0.15, 0.2) is 0 Å². The first kappa shape index (κ1) is 16.6. The van der Waals surface area contributed by atoms with Crippen molar-refractivity contribution in [1.82, 2.24) is 19.9 Å². The van der Waals surface area contributed by atoms with Crippen molar-refractivity contribution in [2.45, 2.75) is 6.92 Å². The molecule has 0 aliphatic heterocycles. The Bertz CT molecular complexity index is 867. The number of rotatable bonds is 2. The number of nitrogens with two attached hydrogens (primary N) is 1. The molecule has 0 saturated heterocycles. The Kier molecular flexibility index (Phi) is 5.20. The van der Waals surface area contributed by atoms with E-state index in [9.17, 15) is 5.26 Å². The first-order valence-electron chi connectivity index (χ1n) is 6.81. The number of anilines is 1. The summed E-state index contributed by atoms with van der Waals surface area (Å²) in [5.41, 5.74) is 10.0. The molecule has 0 bridgehead atoms. The van der Waals surface area contributed by atoms with E-state index >= 15 is 0 Å². The first-order chi connectivity index (χ1) is 11.6. The summed E-state index contributed by atoms with van der Waals surface area (Å²) in [4.78, 5) is 23.9. The molecule has 24 heavy (non-hydrogen) atoms. The maximum Gasteiger partial charge on any atom is 0.290 e. The smallest absolute Gasteiger partial charge is 0.290 e. The zero-order valence-electron chi connectivity index (χ0n) is 12.8. The van der Waals surface area contributed by atoms with Crippen molar-refractivity contribution in [3.8, 4) is 28.7 Å². The highest BCUT2D eigenvalue weighted by Gasteiger charge is 2.14. The van der Waals surface area contributed by atoms with Gasteiger partial charge in [-0.3, -0.25) is 9.78 Å². The molecule has 8 heteroatoms. The van der Waals surface area contributed by atoms with Crippen molar-refractivity contribution in [1.29, 1.82) is 5.26 Å². The number of aromatic nitrogens is 4. The number of aryl methyl sites for hydroxylation is 1. The van der Waals surface area contributed by atoms with Crippen LogP contribution >= 0.6 is 0 Å². The Morgan fingerprint density at radius 2 is 2.08 bits per heavy atom. The lowest BCUT2D eigenvalue weighted by Crippen LogP contribution is -2.00. The number of imidazole rings is 1. The zero-order valence-corrected chi connectivity index (χ0v) is 12.8. The predicted octanol–water partition coefficient (Wildman–Crippen LogP) is 2.00. The molecule has 0 aromatic carbocycles. The summed E-state index contributed by atoms with van der Waals surface area (Å²) in [6.07, 6.45) is 4.96. The van der Waals surface area contributed by atoms with E-state index in [0.29, 0.717) is 28.2 Å².